The van der Waals surface area contributed by atoms with Gasteiger partial charge in [-0.05, 0) is 42.8 Å². The second kappa shape index (κ2) is 9.92. The maximum absolute atomic E-state index is 12.9. The number of benzene rings is 3. The van der Waals surface area contributed by atoms with Gasteiger partial charge >= 0.3 is 0 Å². The number of nitriles is 1. The molecule has 4 aromatic rings. The van der Waals surface area contributed by atoms with Gasteiger partial charge in [0.1, 0.15) is 11.1 Å². The van der Waals surface area contributed by atoms with Crippen molar-refractivity contribution in [3.8, 4) is 40.0 Å². The van der Waals surface area contributed by atoms with Gasteiger partial charge in [-0.15, -0.1) is 0 Å². The Labute approximate surface area is 207 Å². The molecule has 1 N–H and O–H groups in total. The standard InChI is InChI=1S/C28H21N3O3S/c1-18(27(32)30-21-10-6-3-7-11-21)35-28-23(16-29)22(15-24(31-28)19-8-4-2-5-9-19)20-12-13-25-26(14-20)34-17-33-25/h2-15,18H,17H2,1H3,(H,30,32)/t18-/m1/s1. The Hall–Kier alpha value is -4.28. The number of pyridine rings is 1. The highest BCUT2D eigenvalue weighted by atomic mass is 32.2. The Balaban J connectivity index is 1.55. The van der Waals surface area contributed by atoms with E-state index in [2.05, 4.69) is 11.4 Å². The van der Waals surface area contributed by atoms with Gasteiger partial charge in [-0.3, -0.25) is 4.79 Å². The number of carbonyl (C=O) groups is 1. The van der Waals surface area contributed by atoms with Gasteiger partial charge in [0, 0.05) is 16.8 Å². The molecular weight excluding hydrogens is 458 g/mol. The molecular formula is C28H21N3O3S. The van der Waals surface area contributed by atoms with Crippen LogP contribution in [-0.2, 0) is 4.79 Å². The number of aromatic nitrogens is 1. The van der Waals surface area contributed by atoms with Crippen LogP contribution in [0.4, 0.5) is 5.69 Å². The maximum Gasteiger partial charge on any atom is 0.237 e. The van der Waals surface area contributed by atoms with E-state index in [-0.39, 0.29) is 12.7 Å². The normalized spacial score (nSPS) is 12.6. The summed E-state index contributed by atoms with van der Waals surface area (Å²) in [6.07, 6.45) is 0. The molecule has 1 atom stereocenters. The average molecular weight is 480 g/mol. The molecule has 3 aromatic carbocycles. The van der Waals surface area contributed by atoms with E-state index < -0.39 is 5.25 Å². The van der Waals surface area contributed by atoms with Gasteiger partial charge < -0.3 is 14.8 Å². The second-order valence-electron chi connectivity index (χ2n) is 7.90. The van der Waals surface area contributed by atoms with Crippen molar-refractivity contribution in [1.82, 2.24) is 4.98 Å². The molecule has 6 nitrogen and oxygen atoms in total. The average Bonchev–Trinajstić information content (AvgIpc) is 3.37. The minimum atomic E-state index is -0.481. The first-order valence-corrected chi connectivity index (χ1v) is 11.9. The lowest BCUT2D eigenvalue weighted by Crippen LogP contribution is -2.22. The summed E-state index contributed by atoms with van der Waals surface area (Å²) in [7, 11) is 0. The maximum atomic E-state index is 12.9. The fourth-order valence-electron chi connectivity index (χ4n) is 3.75. The van der Waals surface area contributed by atoms with E-state index in [1.54, 1.807) is 6.92 Å². The lowest BCUT2D eigenvalue weighted by molar-refractivity contribution is -0.115. The van der Waals surface area contributed by atoms with Crippen LogP contribution < -0.4 is 14.8 Å². The summed E-state index contributed by atoms with van der Waals surface area (Å²) >= 11 is 1.26. The summed E-state index contributed by atoms with van der Waals surface area (Å²) in [5.74, 6) is 1.14. The molecule has 0 saturated heterocycles. The number of fused-ring (bicyclic) bond motifs is 1. The minimum Gasteiger partial charge on any atom is -0.454 e. The van der Waals surface area contributed by atoms with Crippen LogP contribution in [0.5, 0.6) is 11.5 Å². The molecule has 0 radical (unpaired) electrons. The van der Waals surface area contributed by atoms with E-state index in [4.69, 9.17) is 14.5 Å². The summed E-state index contributed by atoms with van der Waals surface area (Å²) in [4.78, 5) is 17.7. The van der Waals surface area contributed by atoms with Crippen LogP contribution in [-0.4, -0.2) is 22.9 Å². The lowest BCUT2D eigenvalue weighted by atomic mass is 9.99. The van der Waals surface area contributed by atoms with Crippen molar-refractivity contribution in [2.24, 2.45) is 0 Å². The summed E-state index contributed by atoms with van der Waals surface area (Å²) < 4.78 is 11.0. The number of amides is 1. The van der Waals surface area contributed by atoms with Crippen LogP contribution in [0.2, 0.25) is 0 Å². The number of ether oxygens (including phenoxy) is 2. The Bertz CT molecular complexity index is 1420. The third kappa shape index (κ3) is 4.84. The third-order valence-electron chi connectivity index (χ3n) is 5.55. The molecule has 0 unspecified atom stereocenters. The molecule has 35 heavy (non-hydrogen) atoms. The molecule has 0 aliphatic carbocycles. The number of anilines is 1. The zero-order valence-electron chi connectivity index (χ0n) is 18.9. The third-order valence-corrected chi connectivity index (χ3v) is 6.64. The number of rotatable bonds is 6. The predicted octanol–water partition coefficient (Wildman–Crippen LogP) is 6.14. The summed E-state index contributed by atoms with van der Waals surface area (Å²) in [5, 5.41) is 13.1. The van der Waals surface area contributed by atoms with Crippen LogP contribution in [0.3, 0.4) is 0 Å². The monoisotopic (exact) mass is 479 g/mol. The minimum absolute atomic E-state index is 0.165. The molecule has 5 rings (SSSR count). The molecule has 0 saturated carbocycles. The van der Waals surface area contributed by atoms with Crippen LogP contribution in [0, 0.1) is 11.3 Å². The number of para-hydroxylation sites is 1. The zero-order chi connectivity index (χ0) is 24.2. The summed E-state index contributed by atoms with van der Waals surface area (Å²) in [5.41, 5.74) is 4.30. The van der Waals surface area contributed by atoms with Gasteiger partial charge in [0.15, 0.2) is 11.5 Å². The highest BCUT2D eigenvalue weighted by Crippen LogP contribution is 2.40. The van der Waals surface area contributed by atoms with E-state index in [0.29, 0.717) is 22.1 Å². The van der Waals surface area contributed by atoms with Gasteiger partial charge in [-0.1, -0.05) is 66.4 Å². The van der Waals surface area contributed by atoms with E-state index in [1.807, 2.05) is 84.9 Å². The van der Waals surface area contributed by atoms with Crippen LogP contribution >= 0.6 is 11.8 Å². The summed E-state index contributed by atoms with van der Waals surface area (Å²) in [6, 6.07) is 28.9. The molecule has 0 spiro atoms. The Morgan fingerprint density at radius 3 is 2.43 bits per heavy atom. The van der Waals surface area contributed by atoms with Gasteiger partial charge in [0.05, 0.1) is 16.5 Å². The Kier molecular flexibility index (Phi) is 6.38. The number of thioether (sulfide) groups is 1. The van der Waals surface area contributed by atoms with Gasteiger partial charge in [-0.2, -0.15) is 5.26 Å². The highest BCUT2D eigenvalue weighted by molar-refractivity contribution is 8.00. The zero-order valence-corrected chi connectivity index (χ0v) is 19.7. The predicted molar refractivity (Wildman–Crippen MR) is 136 cm³/mol. The van der Waals surface area contributed by atoms with Gasteiger partial charge in [0.25, 0.3) is 0 Å². The topological polar surface area (TPSA) is 84.2 Å². The van der Waals surface area contributed by atoms with Crippen molar-refractivity contribution in [1.29, 1.82) is 5.26 Å². The number of nitrogens with one attached hydrogen (secondary N) is 1. The molecule has 172 valence electrons. The fourth-order valence-corrected chi connectivity index (χ4v) is 4.68. The molecule has 0 fully saturated rings. The van der Waals surface area contributed by atoms with Crippen molar-refractivity contribution < 1.29 is 14.3 Å². The number of carbonyl (C=O) groups excluding carboxylic acids is 1. The van der Waals surface area contributed by atoms with E-state index in [9.17, 15) is 10.1 Å². The molecule has 1 aliphatic rings. The quantitative estimate of drug-likeness (QED) is 0.335. The fraction of sp³-hybridized carbons (Fsp3) is 0.107. The second-order valence-corrected chi connectivity index (χ2v) is 9.23. The Morgan fingerprint density at radius 2 is 1.69 bits per heavy atom. The lowest BCUT2D eigenvalue weighted by Gasteiger charge is -2.16. The van der Waals surface area contributed by atoms with Crippen LogP contribution in [0.15, 0.2) is 90.0 Å². The van der Waals surface area contributed by atoms with E-state index in [1.165, 1.54) is 11.8 Å². The molecule has 2 heterocycles. The number of nitrogens with zero attached hydrogens (tertiary/aromatic N) is 2. The Morgan fingerprint density at radius 1 is 0.971 bits per heavy atom. The van der Waals surface area contributed by atoms with Crippen LogP contribution in [0.25, 0.3) is 22.4 Å². The number of hydrogen-bond acceptors (Lipinski definition) is 6. The van der Waals surface area contributed by atoms with Crippen molar-refractivity contribution >= 4 is 23.4 Å². The highest BCUT2D eigenvalue weighted by Gasteiger charge is 2.23. The first-order valence-electron chi connectivity index (χ1n) is 11.1. The molecule has 0 bridgehead atoms. The largest absolute Gasteiger partial charge is 0.454 e. The van der Waals surface area contributed by atoms with Gasteiger partial charge in [-0.25, -0.2) is 4.98 Å². The first kappa shape index (κ1) is 22.5. The molecule has 1 aliphatic heterocycles. The van der Waals surface area contributed by atoms with E-state index in [0.717, 1.165) is 28.1 Å². The smallest absolute Gasteiger partial charge is 0.237 e. The van der Waals surface area contributed by atoms with Crippen molar-refractivity contribution in [3.05, 3.63) is 90.5 Å². The summed E-state index contributed by atoms with van der Waals surface area (Å²) in [6.45, 7) is 1.98. The molecule has 7 heteroatoms. The molecule has 1 amide bonds. The van der Waals surface area contributed by atoms with Gasteiger partial charge in [0.2, 0.25) is 12.7 Å². The number of hydrogen-bond donors (Lipinski definition) is 1. The van der Waals surface area contributed by atoms with Crippen molar-refractivity contribution in [2.75, 3.05) is 12.1 Å². The van der Waals surface area contributed by atoms with Crippen molar-refractivity contribution in [3.63, 3.8) is 0 Å². The molecule has 1 aromatic heterocycles. The van der Waals surface area contributed by atoms with Crippen molar-refractivity contribution in [2.45, 2.75) is 17.2 Å². The van der Waals surface area contributed by atoms with E-state index >= 15 is 0 Å². The first-order chi connectivity index (χ1) is 17.1. The SMILES string of the molecule is C[C@@H](Sc1nc(-c2ccccc2)cc(-c2ccc3c(c2)OCO3)c1C#N)C(=O)Nc1ccccc1. The van der Waals surface area contributed by atoms with Crippen LogP contribution in [0.1, 0.15) is 12.5 Å².